The van der Waals surface area contributed by atoms with E-state index in [1.807, 2.05) is 0 Å². The Morgan fingerprint density at radius 2 is 1.63 bits per heavy atom. The van der Waals surface area contributed by atoms with Crippen LogP contribution in [0.3, 0.4) is 0 Å². The Morgan fingerprint density at radius 3 is 2.15 bits per heavy atom. The molecule has 0 aliphatic heterocycles. The molecule has 1 amide bonds. The third kappa shape index (κ3) is 6.07. The van der Waals surface area contributed by atoms with Crippen LogP contribution in [0.1, 0.15) is 40.3 Å². The van der Waals surface area contributed by atoms with Gasteiger partial charge in [-0.2, -0.15) is 0 Å². The molecule has 0 atom stereocenters. The smallest absolute Gasteiger partial charge is 0.338 e. The molecule has 0 unspecified atom stereocenters. The lowest BCUT2D eigenvalue weighted by Gasteiger charge is -2.09. The molecule has 0 saturated heterocycles. The quantitative estimate of drug-likeness (QED) is 0.596. The van der Waals surface area contributed by atoms with Gasteiger partial charge in [-0.3, -0.25) is 9.78 Å². The molecule has 27 heavy (non-hydrogen) atoms. The topological polar surface area (TPSA) is 94.6 Å². The van der Waals surface area contributed by atoms with Gasteiger partial charge in [-0.25, -0.2) is 9.59 Å². The summed E-state index contributed by atoms with van der Waals surface area (Å²) in [6.07, 6.45) is 4.48. The van der Waals surface area contributed by atoms with Crippen LogP contribution in [-0.2, 0) is 14.3 Å². The summed E-state index contributed by atoms with van der Waals surface area (Å²) in [7, 11) is 0. The number of ether oxygens (including phenoxy) is 2. The summed E-state index contributed by atoms with van der Waals surface area (Å²) in [6, 6.07) is 9.58. The highest BCUT2D eigenvalue weighted by molar-refractivity contribution is 6.04. The molecule has 0 radical (unpaired) electrons. The summed E-state index contributed by atoms with van der Waals surface area (Å²) >= 11 is 0. The van der Waals surface area contributed by atoms with Crippen molar-refractivity contribution in [3.63, 3.8) is 0 Å². The molecule has 1 heterocycles. The zero-order chi connectivity index (χ0) is 19.6. The van der Waals surface area contributed by atoms with E-state index in [2.05, 4.69) is 10.3 Å². The highest BCUT2D eigenvalue weighted by Crippen LogP contribution is 2.17. The Kier molecular flexibility index (Phi) is 7.25. The van der Waals surface area contributed by atoms with Gasteiger partial charge in [-0.05, 0) is 50.3 Å². The molecule has 1 aromatic carbocycles. The number of pyridine rings is 1. The maximum Gasteiger partial charge on any atom is 0.338 e. The summed E-state index contributed by atoms with van der Waals surface area (Å²) in [5.74, 6) is -1.62. The molecule has 2 aromatic rings. The van der Waals surface area contributed by atoms with Gasteiger partial charge in [0.1, 0.15) is 0 Å². The molecule has 2 rings (SSSR count). The second-order valence-corrected chi connectivity index (χ2v) is 5.32. The molecule has 0 spiro atoms. The number of hydrogen-bond donors (Lipinski definition) is 1. The normalized spacial score (nSPS) is 10.4. The SMILES string of the molecule is CCOC(=O)c1cc(NC(=O)C=Cc2ccccn2)cc(C(=O)OCC)c1. The predicted molar refractivity (Wildman–Crippen MR) is 100 cm³/mol. The van der Waals surface area contributed by atoms with Crippen LogP contribution < -0.4 is 5.32 Å². The molecule has 0 saturated carbocycles. The second kappa shape index (κ2) is 9.86. The van der Waals surface area contributed by atoms with E-state index >= 15 is 0 Å². The Morgan fingerprint density at radius 1 is 1.00 bits per heavy atom. The van der Waals surface area contributed by atoms with Crippen LogP contribution in [0.15, 0.2) is 48.7 Å². The van der Waals surface area contributed by atoms with Crippen molar-refractivity contribution in [2.45, 2.75) is 13.8 Å². The lowest BCUT2D eigenvalue weighted by atomic mass is 10.1. The van der Waals surface area contributed by atoms with Crippen molar-refractivity contribution < 1.29 is 23.9 Å². The van der Waals surface area contributed by atoms with Gasteiger partial charge >= 0.3 is 11.9 Å². The lowest BCUT2D eigenvalue weighted by Crippen LogP contribution is -2.13. The molecule has 0 aliphatic carbocycles. The highest BCUT2D eigenvalue weighted by atomic mass is 16.5. The molecule has 0 aliphatic rings. The lowest BCUT2D eigenvalue weighted by molar-refractivity contribution is -0.111. The maximum absolute atomic E-state index is 12.1. The van der Waals surface area contributed by atoms with E-state index < -0.39 is 17.8 Å². The van der Waals surface area contributed by atoms with Gasteiger partial charge in [-0.1, -0.05) is 6.07 Å². The molecule has 7 heteroatoms. The van der Waals surface area contributed by atoms with Crippen molar-refractivity contribution in [2.75, 3.05) is 18.5 Å². The van der Waals surface area contributed by atoms with Crippen LogP contribution in [0, 0.1) is 0 Å². The van der Waals surface area contributed by atoms with Crippen molar-refractivity contribution in [3.05, 3.63) is 65.5 Å². The number of hydrogen-bond acceptors (Lipinski definition) is 6. The first kappa shape index (κ1) is 19.8. The molecule has 140 valence electrons. The molecule has 0 fully saturated rings. The van der Waals surface area contributed by atoms with Crippen molar-refractivity contribution in [2.24, 2.45) is 0 Å². The number of esters is 2. The Bertz CT molecular complexity index is 810. The van der Waals surface area contributed by atoms with Crippen LogP contribution >= 0.6 is 0 Å². The average Bonchev–Trinajstić information content (AvgIpc) is 2.67. The van der Waals surface area contributed by atoms with Crippen LogP contribution in [0.5, 0.6) is 0 Å². The first-order valence-corrected chi connectivity index (χ1v) is 8.43. The van der Waals surface area contributed by atoms with Crippen molar-refractivity contribution in [1.82, 2.24) is 4.98 Å². The first-order valence-electron chi connectivity index (χ1n) is 8.43. The number of carbonyl (C=O) groups excluding carboxylic acids is 3. The number of nitrogens with one attached hydrogen (secondary N) is 1. The molecular weight excluding hydrogens is 348 g/mol. The molecule has 1 aromatic heterocycles. The largest absolute Gasteiger partial charge is 0.462 e. The number of rotatable bonds is 7. The summed E-state index contributed by atoms with van der Waals surface area (Å²) in [6.45, 7) is 3.74. The van der Waals surface area contributed by atoms with E-state index in [-0.39, 0.29) is 30.0 Å². The van der Waals surface area contributed by atoms with Gasteiger partial charge in [0.25, 0.3) is 0 Å². The third-order valence-corrected chi connectivity index (χ3v) is 3.32. The Labute approximate surface area is 157 Å². The summed E-state index contributed by atoms with van der Waals surface area (Å²) in [5, 5.41) is 2.62. The first-order chi connectivity index (χ1) is 13.0. The standard InChI is InChI=1S/C20H20N2O5/c1-3-26-19(24)14-11-15(20(25)27-4-2)13-17(12-14)22-18(23)9-8-16-7-5-6-10-21-16/h5-13H,3-4H2,1-2H3,(H,22,23). The maximum atomic E-state index is 12.1. The van der Waals surface area contributed by atoms with Gasteiger partial charge in [0.15, 0.2) is 0 Å². The van der Waals surface area contributed by atoms with E-state index in [0.29, 0.717) is 5.69 Å². The number of aromatic nitrogens is 1. The second-order valence-electron chi connectivity index (χ2n) is 5.32. The number of benzene rings is 1. The Hall–Kier alpha value is -3.48. The van der Waals surface area contributed by atoms with Crippen molar-refractivity contribution in [3.8, 4) is 0 Å². The summed E-state index contributed by atoms with van der Waals surface area (Å²) < 4.78 is 9.92. The number of carbonyl (C=O) groups is 3. The summed E-state index contributed by atoms with van der Waals surface area (Å²) in [5.41, 5.74) is 1.19. The van der Waals surface area contributed by atoms with E-state index in [9.17, 15) is 14.4 Å². The summed E-state index contributed by atoms with van der Waals surface area (Å²) in [4.78, 5) is 40.3. The fraction of sp³-hybridized carbons (Fsp3) is 0.200. The fourth-order valence-electron chi connectivity index (χ4n) is 2.18. The van der Waals surface area contributed by atoms with Gasteiger partial charge in [0.05, 0.1) is 30.0 Å². The average molecular weight is 368 g/mol. The zero-order valence-corrected chi connectivity index (χ0v) is 15.1. The molecule has 7 nitrogen and oxygen atoms in total. The number of nitrogens with zero attached hydrogens (tertiary/aromatic N) is 1. The van der Waals surface area contributed by atoms with Gasteiger partial charge in [0.2, 0.25) is 5.91 Å². The van der Waals surface area contributed by atoms with E-state index in [1.165, 1.54) is 24.3 Å². The highest BCUT2D eigenvalue weighted by Gasteiger charge is 2.15. The molecule has 1 N–H and O–H groups in total. The van der Waals surface area contributed by atoms with E-state index in [1.54, 1.807) is 44.3 Å². The minimum Gasteiger partial charge on any atom is -0.462 e. The van der Waals surface area contributed by atoms with Crippen LogP contribution in [0.2, 0.25) is 0 Å². The van der Waals surface area contributed by atoms with Gasteiger partial charge in [-0.15, -0.1) is 0 Å². The van der Waals surface area contributed by atoms with Crippen molar-refractivity contribution in [1.29, 1.82) is 0 Å². The Balaban J connectivity index is 2.23. The minimum atomic E-state index is -0.594. The third-order valence-electron chi connectivity index (χ3n) is 3.32. The molecular formula is C20H20N2O5. The molecule has 0 bridgehead atoms. The van der Waals surface area contributed by atoms with E-state index in [0.717, 1.165) is 0 Å². The van der Waals surface area contributed by atoms with Gasteiger partial charge in [0, 0.05) is 18.0 Å². The van der Waals surface area contributed by atoms with Crippen LogP contribution in [0.25, 0.3) is 6.08 Å². The van der Waals surface area contributed by atoms with Gasteiger partial charge < -0.3 is 14.8 Å². The van der Waals surface area contributed by atoms with E-state index in [4.69, 9.17) is 9.47 Å². The van der Waals surface area contributed by atoms with Crippen molar-refractivity contribution >= 4 is 29.6 Å². The zero-order valence-electron chi connectivity index (χ0n) is 15.1. The number of anilines is 1. The number of amides is 1. The van der Waals surface area contributed by atoms with Crippen LogP contribution in [-0.4, -0.2) is 36.0 Å². The van der Waals surface area contributed by atoms with Crippen LogP contribution in [0.4, 0.5) is 5.69 Å². The minimum absolute atomic E-state index is 0.145. The monoisotopic (exact) mass is 368 g/mol. The predicted octanol–water partition coefficient (Wildman–Crippen LogP) is 3.09. The fourth-order valence-corrected chi connectivity index (χ4v) is 2.18.